The minimum Gasteiger partial charge on any atom is -0.480 e. The summed E-state index contributed by atoms with van der Waals surface area (Å²) in [6, 6.07) is 9.44. The Morgan fingerprint density at radius 2 is 2.17 bits per heavy atom. The zero-order chi connectivity index (χ0) is 13.0. The van der Waals surface area contributed by atoms with E-state index in [1.165, 1.54) is 0 Å². The normalized spacial score (nSPS) is 18.7. The first-order chi connectivity index (χ1) is 8.68. The van der Waals surface area contributed by atoms with E-state index in [4.69, 9.17) is 17.3 Å². The molecular formula is C13H16N2O2S. The molecule has 1 aliphatic heterocycles. The predicted octanol–water partition coefficient (Wildman–Crippen LogP) is 1.61. The van der Waals surface area contributed by atoms with Crippen LogP contribution in [0, 0.1) is 0 Å². The second-order valence-electron chi connectivity index (χ2n) is 4.33. The first-order valence-electron chi connectivity index (χ1n) is 5.99. The summed E-state index contributed by atoms with van der Waals surface area (Å²) in [4.78, 5) is 12.8. The number of nitrogens with one attached hydrogen (secondary N) is 1. The van der Waals surface area contributed by atoms with Gasteiger partial charge in [0.05, 0.1) is 0 Å². The molecule has 96 valence electrons. The number of rotatable bonds is 3. The smallest absolute Gasteiger partial charge is 0.326 e. The molecule has 1 saturated heterocycles. The summed E-state index contributed by atoms with van der Waals surface area (Å²) in [7, 11) is 0. The fourth-order valence-corrected chi connectivity index (χ4v) is 2.43. The average molecular weight is 264 g/mol. The minimum absolute atomic E-state index is 0.472. The molecule has 0 spiro atoms. The topological polar surface area (TPSA) is 52.6 Å². The van der Waals surface area contributed by atoms with Crippen molar-refractivity contribution in [1.29, 1.82) is 0 Å². The van der Waals surface area contributed by atoms with Gasteiger partial charge in [0.2, 0.25) is 0 Å². The number of nitrogens with zero attached hydrogens (tertiary/aromatic N) is 1. The maximum absolute atomic E-state index is 11.1. The molecule has 1 heterocycles. The van der Waals surface area contributed by atoms with Crippen LogP contribution in [0.3, 0.4) is 0 Å². The number of hydrogen-bond donors (Lipinski definition) is 2. The van der Waals surface area contributed by atoms with E-state index in [9.17, 15) is 4.79 Å². The van der Waals surface area contributed by atoms with Crippen molar-refractivity contribution in [2.24, 2.45) is 0 Å². The maximum atomic E-state index is 11.1. The van der Waals surface area contributed by atoms with E-state index >= 15 is 0 Å². The van der Waals surface area contributed by atoms with E-state index < -0.39 is 12.0 Å². The number of thiocarbonyl (C=S) groups is 1. The summed E-state index contributed by atoms with van der Waals surface area (Å²) in [6.45, 7) is 1.35. The molecule has 2 rings (SSSR count). The van der Waals surface area contributed by atoms with Gasteiger partial charge in [0.1, 0.15) is 6.04 Å². The third-order valence-electron chi connectivity index (χ3n) is 3.09. The van der Waals surface area contributed by atoms with Gasteiger partial charge in [-0.1, -0.05) is 30.3 Å². The van der Waals surface area contributed by atoms with E-state index in [2.05, 4.69) is 5.32 Å². The molecule has 18 heavy (non-hydrogen) atoms. The van der Waals surface area contributed by atoms with Gasteiger partial charge in [0, 0.05) is 13.1 Å². The summed E-state index contributed by atoms with van der Waals surface area (Å²) in [5.41, 5.74) is 1.13. The molecule has 1 atom stereocenters. The van der Waals surface area contributed by atoms with Crippen LogP contribution in [0.2, 0.25) is 0 Å². The lowest BCUT2D eigenvalue weighted by Gasteiger charge is -2.24. The molecule has 1 aromatic rings. The van der Waals surface area contributed by atoms with Gasteiger partial charge in [0.15, 0.2) is 5.11 Å². The average Bonchev–Trinajstić information content (AvgIpc) is 2.86. The van der Waals surface area contributed by atoms with Gasteiger partial charge in [-0.15, -0.1) is 0 Å². The zero-order valence-corrected chi connectivity index (χ0v) is 10.8. The summed E-state index contributed by atoms with van der Waals surface area (Å²) in [5.74, 6) is -0.795. The molecule has 0 aliphatic carbocycles. The van der Waals surface area contributed by atoms with E-state index in [0.717, 1.165) is 18.5 Å². The summed E-state index contributed by atoms with van der Waals surface area (Å²) < 4.78 is 0. The van der Waals surface area contributed by atoms with Crippen LogP contribution >= 0.6 is 12.2 Å². The van der Waals surface area contributed by atoms with Crippen LogP contribution in [-0.4, -0.2) is 33.7 Å². The van der Waals surface area contributed by atoms with Gasteiger partial charge in [-0.25, -0.2) is 4.79 Å². The number of benzene rings is 1. The summed E-state index contributed by atoms with van der Waals surface area (Å²) >= 11 is 5.26. The van der Waals surface area contributed by atoms with Gasteiger partial charge in [-0.05, 0) is 30.6 Å². The van der Waals surface area contributed by atoms with E-state index in [1.807, 2.05) is 30.3 Å². The highest BCUT2D eigenvalue weighted by Crippen LogP contribution is 2.17. The monoisotopic (exact) mass is 264 g/mol. The van der Waals surface area contributed by atoms with Gasteiger partial charge < -0.3 is 15.3 Å². The summed E-state index contributed by atoms with van der Waals surface area (Å²) in [5, 5.41) is 12.7. The Morgan fingerprint density at radius 3 is 2.83 bits per heavy atom. The standard InChI is InChI=1S/C13H16N2O2S/c16-12(17)11-7-4-8-15(11)13(18)14-9-10-5-2-1-3-6-10/h1-3,5-6,11H,4,7-9H2,(H,14,18)(H,16,17). The highest BCUT2D eigenvalue weighted by Gasteiger charge is 2.31. The van der Waals surface area contributed by atoms with Gasteiger partial charge in [-0.2, -0.15) is 0 Å². The Morgan fingerprint density at radius 1 is 1.44 bits per heavy atom. The second kappa shape index (κ2) is 5.82. The highest BCUT2D eigenvalue weighted by molar-refractivity contribution is 7.80. The Kier molecular flexibility index (Phi) is 4.15. The van der Waals surface area contributed by atoms with Crippen LogP contribution in [0.4, 0.5) is 0 Å². The van der Waals surface area contributed by atoms with Crippen molar-refractivity contribution in [3.8, 4) is 0 Å². The fourth-order valence-electron chi connectivity index (χ4n) is 2.14. The number of carboxylic acid groups (broad SMARTS) is 1. The first-order valence-corrected chi connectivity index (χ1v) is 6.40. The Balaban J connectivity index is 1.90. The maximum Gasteiger partial charge on any atom is 0.326 e. The molecule has 1 aromatic carbocycles. The van der Waals surface area contributed by atoms with Crippen LogP contribution in [0.5, 0.6) is 0 Å². The van der Waals surface area contributed by atoms with Crippen LogP contribution in [0.15, 0.2) is 30.3 Å². The second-order valence-corrected chi connectivity index (χ2v) is 4.72. The quantitative estimate of drug-likeness (QED) is 0.812. The van der Waals surface area contributed by atoms with Crippen molar-refractivity contribution >= 4 is 23.3 Å². The summed E-state index contributed by atoms with van der Waals surface area (Å²) in [6.07, 6.45) is 1.55. The molecule has 0 bridgehead atoms. The van der Waals surface area contributed by atoms with Crippen molar-refractivity contribution in [3.05, 3.63) is 35.9 Å². The van der Waals surface area contributed by atoms with Crippen LogP contribution in [0.1, 0.15) is 18.4 Å². The predicted molar refractivity (Wildman–Crippen MR) is 73.2 cm³/mol. The van der Waals surface area contributed by atoms with Crippen molar-refractivity contribution in [2.45, 2.75) is 25.4 Å². The van der Waals surface area contributed by atoms with Gasteiger partial charge in [0.25, 0.3) is 0 Å². The molecule has 4 nitrogen and oxygen atoms in total. The first kappa shape index (κ1) is 12.8. The van der Waals surface area contributed by atoms with E-state index in [-0.39, 0.29) is 0 Å². The molecule has 0 radical (unpaired) electrons. The molecule has 0 aromatic heterocycles. The third-order valence-corrected chi connectivity index (χ3v) is 3.46. The number of likely N-dealkylation sites (tertiary alicyclic amines) is 1. The van der Waals surface area contributed by atoms with Crippen molar-refractivity contribution < 1.29 is 9.90 Å². The molecule has 1 aliphatic rings. The number of aliphatic carboxylic acids is 1. The lowest BCUT2D eigenvalue weighted by molar-refractivity contribution is -0.140. The number of carbonyl (C=O) groups is 1. The molecule has 1 fully saturated rings. The highest BCUT2D eigenvalue weighted by atomic mass is 32.1. The van der Waals surface area contributed by atoms with Crippen LogP contribution in [0.25, 0.3) is 0 Å². The van der Waals surface area contributed by atoms with Crippen molar-refractivity contribution in [1.82, 2.24) is 10.2 Å². The molecule has 0 saturated carbocycles. The number of hydrogen-bond acceptors (Lipinski definition) is 2. The number of carboxylic acids is 1. The van der Waals surface area contributed by atoms with E-state index in [1.54, 1.807) is 4.90 Å². The lowest BCUT2D eigenvalue weighted by Crippen LogP contribution is -2.45. The van der Waals surface area contributed by atoms with Gasteiger partial charge >= 0.3 is 5.97 Å². The Labute approximate surface area is 112 Å². The zero-order valence-electron chi connectivity index (χ0n) is 10.0. The van der Waals surface area contributed by atoms with Crippen LogP contribution < -0.4 is 5.32 Å². The molecule has 0 amide bonds. The SMILES string of the molecule is O=C(O)C1CCCN1C(=S)NCc1ccccc1. The molecular weight excluding hydrogens is 248 g/mol. The molecule has 5 heteroatoms. The van der Waals surface area contributed by atoms with Crippen molar-refractivity contribution in [3.63, 3.8) is 0 Å². The minimum atomic E-state index is -0.795. The van der Waals surface area contributed by atoms with Crippen molar-refractivity contribution in [2.75, 3.05) is 6.54 Å². The van der Waals surface area contributed by atoms with Gasteiger partial charge in [-0.3, -0.25) is 0 Å². The lowest BCUT2D eigenvalue weighted by atomic mass is 10.2. The molecule has 2 N–H and O–H groups in total. The van der Waals surface area contributed by atoms with E-state index in [0.29, 0.717) is 18.1 Å². The fraction of sp³-hybridized carbons (Fsp3) is 0.385. The third kappa shape index (κ3) is 2.98. The Hall–Kier alpha value is -1.62. The van der Waals surface area contributed by atoms with Crippen LogP contribution in [-0.2, 0) is 11.3 Å². The Bertz CT molecular complexity index is 436. The molecule has 1 unspecified atom stereocenters. The largest absolute Gasteiger partial charge is 0.480 e.